The summed E-state index contributed by atoms with van der Waals surface area (Å²) < 4.78 is 15.7. The zero-order valence-corrected chi connectivity index (χ0v) is 12.8. The van der Waals surface area contributed by atoms with Gasteiger partial charge < -0.3 is 10.6 Å². The van der Waals surface area contributed by atoms with E-state index in [-0.39, 0.29) is 23.8 Å². The van der Waals surface area contributed by atoms with Crippen LogP contribution in [0.2, 0.25) is 0 Å². The Bertz CT molecular complexity index is 772. The number of halogens is 1. The molecule has 2 aromatic rings. The second kappa shape index (κ2) is 5.42. The Balaban J connectivity index is 1.62. The lowest BCUT2D eigenvalue weighted by Crippen LogP contribution is -2.31. The molecular formula is C16H18FN5O. The van der Waals surface area contributed by atoms with Crippen molar-refractivity contribution >= 4 is 5.91 Å². The zero-order valence-electron chi connectivity index (χ0n) is 12.8. The van der Waals surface area contributed by atoms with Crippen LogP contribution in [-0.2, 0) is 13.0 Å². The number of aromatic nitrogens is 3. The minimum absolute atomic E-state index is 0.180. The second-order valence-corrected chi connectivity index (χ2v) is 6.19. The predicted octanol–water partition coefficient (Wildman–Crippen LogP) is 1.50. The molecule has 4 rings (SSSR count). The van der Waals surface area contributed by atoms with Crippen LogP contribution in [0.15, 0.2) is 18.5 Å². The van der Waals surface area contributed by atoms with Gasteiger partial charge >= 0.3 is 0 Å². The maximum absolute atomic E-state index is 13.8. The van der Waals surface area contributed by atoms with E-state index in [1.54, 1.807) is 0 Å². The fraction of sp³-hybridized carbons (Fsp3) is 0.438. The molecule has 0 aliphatic carbocycles. The van der Waals surface area contributed by atoms with E-state index < -0.39 is 0 Å². The number of nitrogens with one attached hydrogen (secondary N) is 2. The molecule has 120 valence electrons. The van der Waals surface area contributed by atoms with Gasteiger partial charge in [-0.1, -0.05) is 0 Å². The van der Waals surface area contributed by atoms with Gasteiger partial charge in [-0.25, -0.2) is 14.1 Å². The first-order chi connectivity index (χ1) is 11.1. The van der Waals surface area contributed by atoms with Crippen molar-refractivity contribution in [1.29, 1.82) is 0 Å². The number of fused-ring (bicyclic) bond motifs is 2. The lowest BCUT2D eigenvalue weighted by molar-refractivity contribution is 0.0933. The summed E-state index contributed by atoms with van der Waals surface area (Å²) in [6, 6.07) is 2.86. The van der Waals surface area contributed by atoms with Crippen LogP contribution >= 0.6 is 0 Å². The number of nitrogens with zero attached hydrogens (tertiary/aromatic N) is 3. The number of carbonyl (C=O) groups excluding carboxylic acids is 1. The van der Waals surface area contributed by atoms with E-state index in [1.165, 1.54) is 18.5 Å². The highest BCUT2D eigenvalue weighted by molar-refractivity contribution is 5.96. The molecule has 1 amide bonds. The third-order valence-corrected chi connectivity index (χ3v) is 4.63. The first kappa shape index (κ1) is 14.3. The van der Waals surface area contributed by atoms with Gasteiger partial charge in [-0.05, 0) is 49.6 Å². The molecule has 7 heteroatoms. The predicted molar refractivity (Wildman–Crippen MR) is 81.4 cm³/mol. The van der Waals surface area contributed by atoms with Crippen LogP contribution in [0, 0.1) is 5.82 Å². The van der Waals surface area contributed by atoms with Crippen LogP contribution in [-0.4, -0.2) is 27.2 Å². The fourth-order valence-corrected chi connectivity index (χ4v) is 3.54. The molecule has 0 saturated heterocycles. The van der Waals surface area contributed by atoms with Crippen molar-refractivity contribution in [2.75, 3.05) is 6.54 Å². The maximum Gasteiger partial charge on any atom is 0.252 e. The largest absolute Gasteiger partial charge is 0.342 e. The molecule has 3 heterocycles. The molecule has 2 aliphatic rings. The normalized spacial score (nSPS) is 22.5. The Morgan fingerprint density at radius 3 is 3.22 bits per heavy atom. The molecule has 2 atom stereocenters. The number of hydrogen-bond donors (Lipinski definition) is 2. The van der Waals surface area contributed by atoms with Crippen molar-refractivity contribution in [3.63, 3.8) is 0 Å². The molecule has 2 unspecified atom stereocenters. The summed E-state index contributed by atoms with van der Waals surface area (Å²) in [6.07, 6.45) is 2.98. The molecule has 2 N–H and O–H groups in total. The first-order valence-corrected chi connectivity index (χ1v) is 7.86. The third-order valence-electron chi connectivity index (χ3n) is 4.63. The lowest BCUT2D eigenvalue weighted by atomic mass is 9.94. The van der Waals surface area contributed by atoms with Crippen LogP contribution in [0.3, 0.4) is 0 Å². The van der Waals surface area contributed by atoms with E-state index in [4.69, 9.17) is 0 Å². The van der Waals surface area contributed by atoms with Crippen molar-refractivity contribution < 1.29 is 9.18 Å². The molecule has 1 aromatic heterocycles. The molecule has 2 aliphatic heterocycles. The highest BCUT2D eigenvalue weighted by Crippen LogP contribution is 2.32. The van der Waals surface area contributed by atoms with Crippen LogP contribution in [0.25, 0.3) is 0 Å². The highest BCUT2D eigenvalue weighted by atomic mass is 19.1. The molecule has 23 heavy (non-hydrogen) atoms. The summed E-state index contributed by atoms with van der Waals surface area (Å²) >= 11 is 0. The second-order valence-electron chi connectivity index (χ2n) is 6.19. The number of benzene rings is 1. The SMILES string of the molecule is CC1CC(NC(=O)c2cc(F)cc3c2CCNC3)c2ncnn21. The van der Waals surface area contributed by atoms with Gasteiger partial charge in [-0.3, -0.25) is 4.79 Å². The zero-order chi connectivity index (χ0) is 16.0. The molecule has 0 bridgehead atoms. The Kier molecular flexibility index (Phi) is 3.37. The first-order valence-electron chi connectivity index (χ1n) is 7.86. The summed E-state index contributed by atoms with van der Waals surface area (Å²) in [4.78, 5) is 16.9. The Labute approximate surface area is 133 Å². The van der Waals surface area contributed by atoms with Crippen molar-refractivity contribution in [2.45, 2.75) is 38.4 Å². The van der Waals surface area contributed by atoms with Crippen LogP contribution in [0.4, 0.5) is 4.39 Å². The smallest absolute Gasteiger partial charge is 0.252 e. The van der Waals surface area contributed by atoms with Crippen molar-refractivity contribution in [2.24, 2.45) is 0 Å². The molecule has 0 saturated carbocycles. The molecule has 6 nitrogen and oxygen atoms in total. The van der Waals surface area contributed by atoms with Crippen LogP contribution in [0.5, 0.6) is 0 Å². The van der Waals surface area contributed by atoms with Crippen LogP contribution in [0.1, 0.15) is 52.7 Å². The van der Waals surface area contributed by atoms with Crippen molar-refractivity contribution in [3.8, 4) is 0 Å². The molecule has 0 spiro atoms. The average molecular weight is 315 g/mol. The van der Waals surface area contributed by atoms with Crippen LogP contribution < -0.4 is 10.6 Å². The minimum Gasteiger partial charge on any atom is -0.342 e. The van der Waals surface area contributed by atoms with Gasteiger partial charge in [-0.15, -0.1) is 0 Å². The Hall–Kier alpha value is -2.28. The third kappa shape index (κ3) is 2.41. The van der Waals surface area contributed by atoms with Gasteiger partial charge in [0.05, 0.1) is 12.1 Å². The number of rotatable bonds is 2. The van der Waals surface area contributed by atoms with Gasteiger partial charge in [0, 0.05) is 12.1 Å². The lowest BCUT2D eigenvalue weighted by Gasteiger charge is -2.21. The monoisotopic (exact) mass is 315 g/mol. The van der Waals surface area contributed by atoms with Gasteiger partial charge in [0.25, 0.3) is 5.91 Å². The fourth-order valence-electron chi connectivity index (χ4n) is 3.54. The van der Waals surface area contributed by atoms with E-state index in [1.807, 2.05) is 11.6 Å². The Morgan fingerprint density at radius 2 is 2.35 bits per heavy atom. The molecule has 1 aromatic carbocycles. The minimum atomic E-state index is -0.374. The van der Waals surface area contributed by atoms with E-state index in [0.717, 1.165) is 36.3 Å². The topological polar surface area (TPSA) is 71.8 Å². The quantitative estimate of drug-likeness (QED) is 0.881. The van der Waals surface area contributed by atoms with E-state index in [9.17, 15) is 9.18 Å². The van der Waals surface area contributed by atoms with E-state index in [2.05, 4.69) is 20.7 Å². The Morgan fingerprint density at radius 1 is 1.48 bits per heavy atom. The molecule has 0 fully saturated rings. The number of amides is 1. The van der Waals surface area contributed by atoms with Crippen molar-refractivity contribution in [3.05, 3.63) is 46.8 Å². The van der Waals surface area contributed by atoms with Gasteiger partial charge in [0.2, 0.25) is 0 Å². The standard InChI is InChI=1S/C16H18FN5O/c1-9-4-14(15-19-8-20-22(9)15)21-16(23)13-6-11(17)5-10-7-18-3-2-12(10)13/h5-6,8-9,14,18H,2-4,7H2,1H3,(H,21,23). The summed E-state index contributed by atoms with van der Waals surface area (Å²) in [7, 11) is 0. The van der Waals surface area contributed by atoms with Gasteiger partial charge in [0.15, 0.2) is 0 Å². The average Bonchev–Trinajstić information content (AvgIpc) is 3.12. The molecular weight excluding hydrogens is 297 g/mol. The summed E-state index contributed by atoms with van der Waals surface area (Å²) in [5.74, 6) is 0.148. The number of hydrogen-bond acceptors (Lipinski definition) is 4. The van der Waals surface area contributed by atoms with Gasteiger partial charge in [0.1, 0.15) is 18.0 Å². The number of carbonyl (C=O) groups is 1. The summed E-state index contributed by atoms with van der Waals surface area (Å²) in [5.41, 5.74) is 2.24. The maximum atomic E-state index is 13.8. The van der Waals surface area contributed by atoms with Gasteiger partial charge in [-0.2, -0.15) is 5.10 Å². The summed E-state index contributed by atoms with van der Waals surface area (Å²) in [6.45, 7) is 3.44. The van der Waals surface area contributed by atoms with E-state index >= 15 is 0 Å². The molecule has 0 radical (unpaired) electrons. The highest BCUT2D eigenvalue weighted by Gasteiger charge is 2.32. The summed E-state index contributed by atoms with van der Waals surface area (Å²) in [5, 5.41) is 10.4. The van der Waals surface area contributed by atoms with Crippen molar-refractivity contribution in [1.82, 2.24) is 25.4 Å². The van der Waals surface area contributed by atoms with E-state index in [0.29, 0.717) is 12.1 Å².